The van der Waals surface area contributed by atoms with Gasteiger partial charge in [0.2, 0.25) is 0 Å². The average molecular weight is 205 g/mol. The first-order valence-corrected chi connectivity index (χ1v) is 5.18. The molecule has 1 aromatic rings. The Hall–Kier alpha value is -0.0900. The highest BCUT2D eigenvalue weighted by molar-refractivity contribution is 7.10. The van der Waals surface area contributed by atoms with Crippen molar-refractivity contribution in [2.45, 2.75) is 12.4 Å². The number of ether oxygens (including phenoxy) is 2. The Labute approximate surface area is 80.1 Å². The Balaban J connectivity index is 2.00. The third-order valence-corrected chi connectivity index (χ3v) is 2.94. The molecule has 1 fully saturated rings. The molecule has 1 saturated heterocycles. The molecule has 0 saturated carbocycles. The molecule has 0 spiro atoms. The van der Waals surface area contributed by atoms with E-state index in [0.29, 0.717) is 12.5 Å². The lowest BCUT2D eigenvalue weighted by Gasteiger charge is -2.06. The minimum atomic E-state index is -0.186. The van der Waals surface area contributed by atoms with Crippen molar-refractivity contribution in [2.24, 2.45) is 0 Å². The second-order valence-corrected chi connectivity index (χ2v) is 3.88. The van der Waals surface area contributed by atoms with Crippen LogP contribution in [0.1, 0.15) is 11.2 Å². The van der Waals surface area contributed by atoms with Crippen LogP contribution in [0.4, 0.5) is 0 Å². The molecule has 2 heterocycles. The first-order valence-electron chi connectivity index (χ1n) is 3.76. The van der Waals surface area contributed by atoms with Crippen molar-refractivity contribution in [3.63, 3.8) is 0 Å². The Kier molecular flexibility index (Phi) is 2.66. The standard InChI is InChI=1S/C8H9ClO2S/c9-4-6-5-10-8(11-6)7-2-1-3-12-7/h1-3,6,8H,4-5H2/t6-,8-/m1/s1. The number of rotatable bonds is 2. The van der Waals surface area contributed by atoms with Gasteiger partial charge in [0, 0.05) is 0 Å². The van der Waals surface area contributed by atoms with Crippen LogP contribution in [0.3, 0.4) is 0 Å². The molecular formula is C8H9ClO2S. The summed E-state index contributed by atoms with van der Waals surface area (Å²) in [5.74, 6) is 0.502. The monoisotopic (exact) mass is 204 g/mol. The summed E-state index contributed by atoms with van der Waals surface area (Å²) >= 11 is 7.27. The normalized spacial score (nSPS) is 29.4. The van der Waals surface area contributed by atoms with E-state index in [1.165, 1.54) is 0 Å². The fourth-order valence-electron chi connectivity index (χ4n) is 1.10. The number of hydrogen-bond donors (Lipinski definition) is 0. The minimum Gasteiger partial charge on any atom is -0.345 e. The summed E-state index contributed by atoms with van der Waals surface area (Å²) in [7, 11) is 0. The SMILES string of the molecule is ClC[C@@H]1CO[C@@H](c2cccs2)O1. The van der Waals surface area contributed by atoms with Crippen molar-refractivity contribution >= 4 is 22.9 Å². The van der Waals surface area contributed by atoms with Gasteiger partial charge < -0.3 is 9.47 Å². The third-order valence-electron chi connectivity index (χ3n) is 1.70. The largest absolute Gasteiger partial charge is 0.345 e. The molecule has 2 atom stereocenters. The molecule has 66 valence electrons. The lowest BCUT2D eigenvalue weighted by atomic mass is 10.4. The van der Waals surface area contributed by atoms with Crippen LogP contribution in [0.2, 0.25) is 0 Å². The van der Waals surface area contributed by atoms with Gasteiger partial charge in [0.1, 0.15) is 0 Å². The molecule has 0 aliphatic carbocycles. The number of thiophene rings is 1. The van der Waals surface area contributed by atoms with Gasteiger partial charge in [0.25, 0.3) is 0 Å². The van der Waals surface area contributed by atoms with Gasteiger partial charge in [-0.05, 0) is 11.4 Å². The summed E-state index contributed by atoms with van der Waals surface area (Å²) in [6.45, 7) is 0.603. The van der Waals surface area contributed by atoms with Gasteiger partial charge in [-0.25, -0.2) is 0 Å². The molecule has 1 aromatic heterocycles. The highest BCUT2D eigenvalue weighted by Gasteiger charge is 2.26. The van der Waals surface area contributed by atoms with E-state index >= 15 is 0 Å². The van der Waals surface area contributed by atoms with Crippen molar-refractivity contribution in [3.05, 3.63) is 22.4 Å². The maximum atomic E-state index is 5.63. The van der Waals surface area contributed by atoms with E-state index in [1.54, 1.807) is 11.3 Å². The molecule has 1 aliphatic heterocycles. The predicted molar refractivity (Wildman–Crippen MR) is 48.6 cm³/mol. The zero-order valence-corrected chi connectivity index (χ0v) is 7.98. The van der Waals surface area contributed by atoms with Gasteiger partial charge in [0.15, 0.2) is 6.29 Å². The Morgan fingerprint density at radius 1 is 1.67 bits per heavy atom. The molecule has 0 bridgehead atoms. The van der Waals surface area contributed by atoms with Crippen molar-refractivity contribution in [1.82, 2.24) is 0 Å². The first-order chi connectivity index (χ1) is 5.90. The topological polar surface area (TPSA) is 18.5 Å². The van der Waals surface area contributed by atoms with Crippen LogP contribution in [0, 0.1) is 0 Å². The Bertz CT molecular complexity index is 237. The zero-order chi connectivity index (χ0) is 8.39. The van der Waals surface area contributed by atoms with Gasteiger partial charge in [-0.15, -0.1) is 22.9 Å². The molecule has 0 unspecified atom stereocenters. The Morgan fingerprint density at radius 2 is 2.58 bits per heavy atom. The molecule has 2 nitrogen and oxygen atoms in total. The molecule has 1 aliphatic rings. The summed E-state index contributed by atoms with van der Waals surface area (Å²) in [6, 6.07) is 3.99. The lowest BCUT2D eigenvalue weighted by Crippen LogP contribution is -2.10. The highest BCUT2D eigenvalue weighted by atomic mass is 35.5. The summed E-state index contributed by atoms with van der Waals surface area (Å²) in [5.41, 5.74) is 0. The fraction of sp³-hybridized carbons (Fsp3) is 0.500. The van der Waals surface area contributed by atoms with Crippen LogP contribution >= 0.6 is 22.9 Å². The molecule has 4 heteroatoms. The fourth-order valence-corrected chi connectivity index (χ4v) is 1.97. The van der Waals surface area contributed by atoms with Crippen LogP contribution in [0.5, 0.6) is 0 Å². The van der Waals surface area contributed by atoms with E-state index in [4.69, 9.17) is 21.1 Å². The second-order valence-electron chi connectivity index (χ2n) is 2.59. The van der Waals surface area contributed by atoms with Crippen molar-refractivity contribution in [2.75, 3.05) is 12.5 Å². The van der Waals surface area contributed by atoms with Gasteiger partial charge in [-0.3, -0.25) is 0 Å². The molecule has 12 heavy (non-hydrogen) atoms. The smallest absolute Gasteiger partial charge is 0.193 e. The van der Waals surface area contributed by atoms with Crippen LogP contribution < -0.4 is 0 Å². The van der Waals surface area contributed by atoms with Crippen LogP contribution in [0.15, 0.2) is 17.5 Å². The lowest BCUT2D eigenvalue weighted by molar-refractivity contribution is -0.0540. The molecule has 0 amide bonds. The Morgan fingerprint density at radius 3 is 3.17 bits per heavy atom. The average Bonchev–Trinajstić information content (AvgIpc) is 2.75. The molecule has 0 aromatic carbocycles. The first kappa shape index (κ1) is 8.51. The predicted octanol–water partition coefficient (Wildman–Crippen LogP) is 2.40. The summed E-state index contributed by atoms with van der Waals surface area (Å²) in [6.07, 6.45) is -0.132. The van der Waals surface area contributed by atoms with E-state index in [2.05, 4.69) is 0 Å². The van der Waals surface area contributed by atoms with Crippen LogP contribution in [-0.2, 0) is 9.47 Å². The van der Waals surface area contributed by atoms with Crippen LogP contribution in [-0.4, -0.2) is 18.6 Å². The third kappa shape index (κ3) is 1.64. The molecular weight excluding hydrogens is 196 g/mol. The van der Waals surface area contributed by atoms with E-state index in [9.17, 15) is 0 Å². The summed E-state index contributed by atoms with van der Waals surface area (Å²) in [5, 5.41) is 2.01. The van der Waals surface area contributed by atoms with Crippen molar-refractivity contribution in [1.29, 1.82) is 0 Å². The summed E-state index contributed by atoms with van der Waals surface area (Å²) in [4.78, 5) is 1.11. The van der Waals surface area contributed by atoms with E-state index in [1.807, 2.05) is 17.5 Å². The van der Waals surface area contributed by atoms with E-state index in [-0.39, 0.29) is 12.4 Å². The molecule has 2 rings (SSSR count). The van der Waals surface area contributed by atoms with E-state index < -0.39 is 0 Å². The number of halogens is 1. The van der Waals surface area contributed by atoms with Gasteiger partial charge in [0.05, 0.1) is 23.5 Å². The van der Waals surface area contributed by atoms with Gasteiger partial charge in [-0.1, -0.05) is 6.07 Å². The molecule has 0 N–H and O–H groups in total. The zero-order valence-electron chi connectivity index (χ0n) is 6.40. The van der Waals surface area contributed by atoms with Crippen LogP contribution in [0.25, 0.3) is 0 Å². The summed E-state index contributed by atoms with van der Waals surface area (Å²) < 4.78 is 10.9. The highest BCUT2D eigenvalue weighted by Crippen LogP contribution is 2.29. The van der Waals surface area contributed by atoms with Crippen molar-refractivity contribution < 1.29 is 9.47 Å². The van der Waals surface area contributed by atoms with Crippen molar-refractivity contribution in [3.8, 4) is 0 Å². The second kappa shape index (κ2) is 3.75. The number of hydrogen-bond acceptors (Lipinski definition) is 3. The number of alkyl halides is 1. The van der Waals surface area contributed by atoms with Gasteiger partial charge >= 0.3 is 0 Å². The quantitative estimate of drug-likeness (QED) is 0.689. The maximum absolute atomic E-state index is 5.63. The maximum Gasteiger partial charge on any atom is 0.193 e. The minimum absolute atomic E-state index is 0.0544. The van der Waals surface area contributed by atoms with Gasteiger partial charge in [-0.2, -0.15) is 0 Å². The molecule has 0 radical (unpaired) electrons. The van der Waals surface area contributed by atoms with E-state index in [0.717, 1.165) is 4.88 Å².